The van der Waals surface area contributed by atoms with Gasteiger partial charge in [0.25, 0.3) is 0 Å². The molecule has 17 unspecified atom stereocenters. The molecule has 0 saturated carbocycles. The number of amides is 1. The fourth-order valence-electron chi connectivity index (χ4n) is 11.1. The second-order valence-electron chi connectivity index (χ2n) is 23.6. The van der Waals surface area contributed by atoms with Gasteiger partial charge in [-0.15, -0.1) is 0 Å². The molecule has 19 heteroatoms. The summed E-state index contributed by atoms with van der Waals surface area (Å²) in [7, 11) is 0. The van der Waals surface area contributed by atoms with Crippen LogP contribution in [0.3, 0.4) is 0 Å². The van der Waals surface area contributed by atoms with Crippen molar-refractivity contribution in [3.8, 4) is 0 Å². The van der Waals surface area contributed by atoms with E-state index in [1.807, 2.05) is 6.08 Å². The third-order valence-corrected chi connectivity index (χ3v) is 16.5. The minimum atomic E-state index is -1.98. The molecule has 0 bridgehead atoms. The molecule has 482 valence electrons. The molecule has 0 aromatic rings. The van der Waals surface area contributed by atoms with Crippen molar-refractivity contribution in [3.05, 3.63) is 24.3 Å². The van der Waals surface area contributed by atoms with Crippen molar-refractivity contribution in [2.45, 2.75) is 343 Å². The molecule has 0 radical (unpaired) electrons. The summed E-state index contributed by atoms with van der Waals surface area (Å²) in [5, 5.41) is 120. The van der Waals surface area contributed by atoms with Gasteiger partial charge in [-0.2, -0.15) is 0 Å². The van der Waals surface area contributed by atoms with E-state index in [0.29, 0.717) is 12.8 Å². The predicted molar refractivity (Wildman–Crippen MR) is 314 cm³/mol. The highest BCUT2D eigenvalue weighted by Gasteiger charge is 2.53. The van der Waals surface area contributed by atoms with E-state index in [9.17, 15) is 61.0 Å². The molecule has 82 heavy (non-hydrogen) atoms. The number of carbonyl (C=O) groups is 1. The Labute approximate surface area is 492 Å². The van der Waals surface area contributed by atoms with Crippen molar-refractivity contribution >= 4 is 5.91 Å². The van der Waals surface area contributed by atoms with Gasteiger partial charge in [-0.25, -0.2) is 0 Å². The van der Waals surface area contributed by atoms with Crippen LogP contribution in [0.2, 0.25) is 0 Å². The maximum atomic E-state index is 13.3. The number of nitrogens with one attached hydrogen (secondary N) is 1. The molecule has 0 spiro atoms. The van der Waals surface area contributed by atoms with E-state index in [0.717, 1.165) is 38.5 Å². The van der Waals surface area contributed by atoms with E-state index in [1.54, 1.807) is 6.08 Å². The molecule has 1 amide bonds. The number of carbonyl (C=O) groups excluding carboxylic acids is 1. The Morgan fingerprint density at radius 2 is 0.780 bits per heavy atom. The van der Waals surface area contributed by atoms with Gasteiger partial charge in [0.05, 0.1) is 38.6 Å². The Balaban J connectivity index is 1.42. The fraction of sp³-hybridized carbons (Fsp3) is 0.921. The van der Waals surface area contributed by atoms with Crippen LogP contribution in [-0.2, 0) is 33.2 Å². The number of allylic oxidation sites excluding steroid dienone is 3. The Hall–Kier alpha value is -1.73. The van der Waals surface area contributed by atoms with Gasteiger partial charge in [0.15, 0.2) is 18.9 Å². The molecule has 3 fully saturated rings. The lowest BCUT2D eigenvalue weighted by atomic mass is 9.96. The molecule has 3 heterocycles. The maximum absolute atomic E-state index is 13.3. The van der Waals surface area contributed by atoms with Crippen molar-refractivity contribution in [2.75, 3.05) is 26.4 Å². The summed E-state index contributed by atoms with van der Waals surface area (Å²) in [6.45, 7) is 1.70. The Morgan fingerprint density at radius 1 is 0.427 bits per heavy atom. The predicted octanol–water partition coefficient (Wildman–Crippen LogP) is 7.10. The van der Waals surface area contributed by atoms with Crippen LogP contribution in [0, 0.1) is 0 Å². The summed E-state index contributed by atoms with van der Waals surface area (Å²) >= 11 is 0. The smallest absolute Gasteiger partial charge is 0.220 e. The monoisotopic (exact) mass is 1180 g/mol. The first-order valence-corrected chi connectivity index (χ1v) is 32.6. The SMILES string of the molecule is CCCCCCCC/C=C/CC/C=C/C(O)C(COC1OC(CO)C(OC2OC(CO)C(OC3OC(CO)C(O)C(O)C3O)C(O)C2O)C(O)C1O)NC(=O)CCCCCCCCCCCCCCCCCCCCCCCCCCC. The molecule has 12 N–H and O–H groups in total. The van der Waals surface area contributed by atoms with Crippen LogP contribution in [0.25, 0.3) is 0 Å². The first-order valence-electron chi connectivity index (χ1n) is 32.6. The second kappa shape index (κ2) is 46.4. The molecule has 0 aromatic heterocycles. The Morgan fingerprint density at radius 3 is 1.22 bits per heavy atom. The van der Waals surface area contributed by atoms with Crippen LogP contribution in [0.5, 0.6) is 0 Å². The molecular weight excluding hydrogens is 1060 g/mol. The topological polar surface area (TPSA) is 307 Å². The van der Waals surface area contributed by atoms with Crippen LogP contribution in [0.15, 0.2) is 24.3 Å². The average molecular weight is 1180 g/mol. The van der Waals surface area contributed by atoms with Gasteiger partial charge in [-0.05, 0) is 32.1 Å². The van der Waals surface area contributed by atoms with Gasteiger partial charge in [-0.3, -0.25) is 4.79 Å². The summed E-state index contributed by atoms with van der Waals surface area (Å²) in [5.41, 5.74) is 0. The first-order chi connectivity index (χ1) is 39.8. The van der Waals surface area contributed by atoms with E-state index >= 15 is 0 Å². The highest BCUT2D eigenvalue weighted by Crippen LogP contribution is 2.33. The lowest BCUT2D eigenvalue weighted by molar-refractivity contribution is -0.379. The molecule has 3 aliphatic heterocycles. The maximum Gasteiger partial charge on any atom is 0.220 e. The van der Waals surface area contributed by atoms with Crippen molar-refractivity contribution in [1.82, 2.24) is 5.32 Å². The first kappa shape index (κ1) is 74.5. The van der Waals surface area contributed by atoms with E-state index in [-0.39, 0.29) is 18.9 Å². The number of unbranched alkanes of at least 4 members (excludes halogenated alkanes) is 31. The highest BCUT2D eigenvalue weighted by molar-refractivity contribution is 5.76. The molecule has 3 saturated heterocycles. The summed E-state index contributed by atoms with van der Waals surface area (Å²) in [4.78, 5) is 13.3. The van der Waals surface area contributed by atoms with Crippen molar-refractivity contribution in [2.24, 2.45) is 0 Å². The number of aliphatic hydroxyl groups excluding tert-OH is 11. The van der Waals surface area contributed by atoms with Gasteiger partial charge in [0.1, 0.15) is 73.2 Å². The molecule has 3 rings (SSSR count). The number of hydrogen-bond donors (Lipinski definition) is 12. The zero-order valence-electron chi connectivity index (χ0n) is 50.5. The lowest BCUT2D eigenvalue weighted by Crippen LogP contribution is -2.66. The van der Waals surface area contributed by atoms with E-state index in [4.69, 9.17) is 28.4 Å². The number of rotatable bonds is 49. The summed E-state index contributed by atoms with van der Waals surface area (Å²) < 4.78 is 34.2. The van der Waals surface area contributed by atoms with Crippen LogP contribution in [0.1, 0.15) is 239 Å². The molecule has 19 nitrogen and oxygen atoms in total. The van der Waals surface area contributed by atoms with Gasteiger partial charge >= 0.3 is 0 Å². The number of hydrogen-bond acceptors (Lipinski definition) is 18. The largest absolute Gasteiger partial charge is 0.394 e. The zero-order chi connectivity index (χ0) is 59.7. The normalized spacial score (nSPS) is 29.7. The minimum Gasteiger partial charge on any atom is -0.394 e. The highest BCUT2D eigenvalue weighted by atomic mass is 16.8. The second-order valence-corrected chi connectivity index (χ2v) is 23.6. The third-order valence-electron chi connectivity index (χ3n) is 16.5. The summed E-state index contributed by atoms with van der Waals surface area (Å²) in [5.74, 6) is -0.283. The van der Waals surface area contributed by atoms with E-state index in [1.165, 1.54) is 167 Å². The van der Waals surface area contributed by atoms with Crippen molar-refractivity contribution in [3.63, 3.8) is 0 Å². The molecule has 3 aliphatic rings. The molecule has 0 aromatic carbocycles. The van der Waals surface area contributed by atoms with E-state index in [2.05, 4.69) is 31.3 Å². The molecular formula is C63H117NO18. The lowest BCUT2D eigenvalue weighted by Gasteiger charge is -2.48. The Bertz CT molecular complexity index is 1590. The van der Waals surface area contributed by atoms with Gasteiger partial charge in [0.2, 0.25) is 5.91 Å². The zero-order valence-corrected chi connectivity index (χ0v) is 50.5. The van der Waals surface area contributed by atoms with Crippen LogP contribution >= 0.6 is 0 Å². The standard InChI is InChI=1S/C63H117NO18/c1-3-5-7-9-11-13-15-17-18-19-20-21-22-23-24-25-26-27-28-29-31-33-35-37-39-41-51(69)64-46(47(68)40-38-36-34-32-30-16-14-12-10-8-6-4-2)45-77-61-57(75)54(72)59(49(43-66)79-61)82-63-58(76)55(73)60(50(44-67)80-63)81-62-56(74)53(71)52(70)48(42-65)78-62/h30,32,38,40,46-50,52-63,65-68,70-76H,3-29,31,33-37,39,41-45H2,1-2H3,(H,64,69)/b32-30+,40-38+. The third kappa shape index (κ3) is 29.3. The quantitative estimate of drug-likeness (QED) is 0.0213. The van der Waals surface area contributed by atoms with Crippen molar-refractivity contribution < 1.29 is 89.4 Å². The molecule has 17 atom stereocenters. The van der Waals surface area contributed by atoms with Gasteiger partial charge in [0, 0.05) is 6.42 Å². The van der Waals surface area contributed by atoms with Crippen LogP contribution in [-0.4, -0.2) is 193 Å². The van der Waals surface area contributed by atoms with Gasteiger partial charge < -0.3 is 89.9 Å². The minimum absolute atomic E-state index is 0.240. The number of ether oxygens (including phenoxy) is 6. The summed E-state index contributed by atoms with van der Waals surface area (Å²) in [6.07, 6.45) is 23.2. The number of aliphatic hydroxyl groups is 11. The average Bonchev–Trinajstić information content (AvgIpc) is 3.19. The molecule has 0 aliphatic carbocycles. The summed E-state index contributed by atoms with van der Waals surface area (Å²) in [6, 6.07) is -0.985. The van der Waals surface area contributed by atoms with E-state index < -0.39 is 124 Å². The van der Waals surface area contributed by atoms with Crippen LogP contribution < -0.4 is 5.32 Å². The fourth-order valence-corrected chi connectivity index (χ4v) is 11.1. The Kier molecular flexibility index (Phi) is 42.2. The van der Waals surface area contributed by atoms with Crippen LogP contribution in [0.4, 0.5) is 0 Å². The van der Waals surface area contributed by atoms with Gasteiger partial charge in [-0.1, -0.05) is 224 Å². The van der Waals surface area contributed by atoms with Crippen molar-refractivity contribution in [1.29, 1.82) is 0 Å².